The van der Waals surface area contributed by atoms with Gasteiger partial charge in [0, 0.05) is 18.4 Å². The SMILES string of the molecule is CCCCC(c1cccnc1)N(C)Cc1noc(-c2ccco2)n1. The smallest absolute Gasteiger partial charge is 0.293 e. The van der Waals surface area contributed by atoms with Crippen LogP contribution in [0.5, 0.6) is 0 Å². The second-order valence-electron chi connectivity index (χ2n) is 5.85. The Labute approximate surface area is 141 Å². The normalized spacial score (nSPS) is 12.6. The molecule has 3 rings (SSSR count). The molecule has 6 nitrogen and oxygen atoms in total. The predicted molar refractivity (Wildman–Crippen MR) is 90.0 cm³/mol. The largest absolute Gasteiger partial charge is 0.459 e. The fourth-order valence-electron chi connectivity index (χ4n) is 2.76. The highest BCUT2D eigenvalue weighted by Gasteiger charge is 2.20. The Morgan fingerprint density at radius 1 is 1.25 bits per heavy atom. The van der Waals surface area contributed by atoms with Gasteiger partial charge in [-0.2, -0.15) is 4.98 Å². The zero-order valence-corrected chi connectivity index (χ0v) is 14.1. The minimum atomic E-state index is 0.282. The Morgan fingerprint density at radius 3 is 2.88 bits per heavy atom. The number of pyridine rings is 1. The number of hydrogen-bond donors (Lipinski definition) is 0. The van der Waals surface area contributed by atoms with Crippen LogP contribution in [0.2, 0.25) is 0 Å². The molecule has 0 N–H and O–H groups in total. The summed E-state index contributed by atoms with van der Waals surface area (Å²) in [5.41, 5.74) is 1.21. The molecule has 0 aliphatic rings. The molecule has 0 saturated carbocycles. The van der Waals surface area contributed by atoms with Crippen molar-refractivity contribution >= 4 is 0 Å². The van der Waals surface area contributed by atoms with Crippen LogP contribution in [0.4, 0.5) is 0 Å². The van der Waals surface area contributed by atoms with Crippen LogP contribution in [-0.2, 0) is 6.54 Å². The number of furan rings is 1. The van der Waals surface area contributed by atoms with Gasteiger partial charge in [0.05, 0.1) is 12.8 Å². The molecule has 0 amide bonds. The van der Waals surface area contributed by atoms with Crippen molar-refractivity contribution in [3.05, 3.63) is 54.3 Å². The van der Waals surface area contributed by atoms with Gasteiger partial charge in [0.15, 0.2) is 11.6 Å². The van der Waals surface area contributed by atoms with Crippen molar-refractivity contribution in [1.82, 2.24) is 20.0 Å². The standard InChI is InChI=1S/C18H22N4O2/c1-3-4-8-15(14-7-5-10-19-12-14)22(2)13-17-20-18(24-21-17)16-9-6-11-23-16/h5-7,9-12,15H,3-4,8,13H2,1-2H3. The minimum Gasteiger partial charge on any atom is -0.459 e. The highest BCUT2D eigenvalue weighted by molar-refractivity contribution is 5.42. The van der Waals surface area contributed by atoms with Crippen molar-refractivity contribution in [1.29, 1.82) is 0 Å². The number of aromatic nitrogens is 3. The van der Waals surface area contributed by atoms with Gasteiger partial charge in [-0.3, -0.25) is 9.88 Å². The van der Waals surface area contributed by atoms with Crippen molar-refractivity contribution in [2.24, 2.45) is 0 Å². The highest BCUT2D eigenvalue weighted by Crippen LogP contribution is 2.26. The molecule has 0 saturated heterocycles. The van der Waals surface area contributed by atoms with Crippen molar-refractivity contribution in [3.63, 3.8) is 0 Å². The average Bonchev–Trinajstić information content (AvgIpc) is 3.27. The number of nitrogens with zero attached hydrogens (tertiary/aromatic N) is 4. The third-order valence-corrected chi connectivity index (χ3v) is 4.02. The molecular formula is C18H22N4O2. The Balaban J connectivity index is 1.72. The van der Waals surface area contributed by atoms with E-state index < -0.39 is 0 Å². The summed E-state index contributed by atoms with van der Waals surface area (Å²) in [6, 6.07) is 7.99. The molecular weight excluding hydrogens is 304 g/mol. The van der Waals surface area contributed by atoms with Gasteiger partial charge in [0.1, 0.15) is 0 Å². The van der Waals surface area contributed by atoms with Crippen LogP contribution in [0.25, 0.3) is 11.7 Å². The van der Waals surface area contributed by atoms with Crippen LogP contribution in [0.15, 0.2) is 51.9 Å². The number of unbranched alkanes of at least 4 members (excludes halogenated alkanes) is 1. The molecule has 0 fully saturated rings. The van der Waals surface area contributed by atoms with Crippen molar-refractivity contribution < 1.29 is 8.94 Å². The summed E-state index contributed by atoms with van der Waals surface area (Å²) in [7, 11) is 2.08. The van der Waals surface area contributed by atoms with Crippen LogP contribution in [0.1, 0.15) is 43.6 Å². The molecule has 126 valence electrons. The third kappa shape index (κ3) is 3.89. The van der Waals surface area contributed by atoms with Gasteiger partial charge in [0.2, 0.25) is 0 Å². The number of hydrogen-bond acceptors (Lipinski definition) is 6. The first-order valence-corrected chi connectivity index (χ1v) is 8.24. The van der Waals surface area contributed by atoms with E-state index in [4.69, 9.17) is 8.94 Å². The van der Waals surface area contributed by atoms with E-state index in [0.717, 1.165) is 19.3 Å². The maximum absolute atomic E-state index is 5.29. The monoisotopic (exact) mass is 326 g/mol. The Morgan fingerprint density at radius 2 is 2.17 bits per heavy atom. The van der Waals surface area contributed by atoms with Gasteiger partial charge in [-0.15, -0.1) is 0 Å². The van der Waals surface area contributed by atoms with Gasteiger partial charge < -0.3 is 8.94 Å². The van der Waals surface area contributed by atoms with Crippen LogP contribution in [0.3, 0.4) is 0 Å². The quantitative estimate of drug-likeness (QED) is 0.621. The molecule has 3 aromatic heterocycles. The van der Waals surface area contributed by atoms with E-state index in [1.165, 1.54) is 5.56 Å². The zero-order valence-electron chi connectivity index (χ0n) is 14.1. The van der Waals surface area contributed by atoms with Crippen LogP contribution in [-0.4, -0.2) is 27.1 Å². The van der Waals surface area contributed by atoms with E-state index in [0.29, 0.717) is 24.0 Å². The first-order chi connectivity index (χ1) is 11.8. The van der Waals surface area contributed by atoms with Crippen LogP contribution in [0, 0.1) is 0 Å². The van der Waals surface area contributed by atoms with Gasteiger partial charge >= 0.3 is 0 Å². The lowest BCUT2D eigenvalue weighted by molar-refractivity contribution is 0.212. The molecule has 0 aliphatic carbocycles. The topological polar surface area (TPSA) is 68.2 Å². The van der Waals surface area contributed by atoms with E-state index in [2.05, 4.69) is 40.1 Å². The molecule has 1 atom stereocenters. The Kier molecular flexibility index (Phi) is 5.38. The molecule has 0 aliphatic heterocycles. The van der Waals surface area contributed by atoms with Crippen molar-refractivity contribution in [2.75, 3.05) is 7.05 Å². The molecule has 0 bridgehead atoms. The number of rotatable bonds is 8. The fraction of sp³-hybridized carbons (Fsp3) is 0.389. The second-order valence-corrected chi connectivity index (χ2v) is 5.85. The first-order valence-electron chi connectivity index (χ1n) is 8.24. The lowest BCUT2D eigenvalue weighted by atomic mass is 10.0. The average molecular weight is 326 g/mol. The summed E-state index contributed by atoms with van der Waals surface area (Å²) >= 11 is 0. The van der Waals surface area contributed by atoms with Gasteiger partial charge in [-0.1, -0.05) is 31.0 Å². The molecule has 1 unspecified atom stereocenters. The van der Waals surface area contributed by atoms with E-state index in [-0.39, 0.29) is 6.04 Å². The van der Waals surface area contributed by atoms with Crippen LogP contribution >= 0.6 is 0 Å². The van der Waals surface area contributed by atoms with Gasteiger partial charge in [-0.05, 0) is 37.2 Å². The fourth-order valence-corrected chi connectivity index (χ4v) is 2.76. The summed E-state index contributed by atoms with van der Waals surface area (Å²) < 4.78 is 10.6. The van der Waals surface area contributed by atoms with Gasteiger partial charge in [-0.25, -0.2) is 0 Å². The predicted octanol–water partition coefficient (Wildman–Crippen LogP) is 4.09. The Bertz CT molecular complexity index is 725. The first kappa shape index (κ1) is 16.4. The van der Waals surface area contributed by atoms with E-state index >= 15 is 0 Å². The molecule has 0 radical (unpaired) electrons. The third-order valence-electron chi connectivity index (χ3n) is 4.02. The molecule has 0 spiro atoms. The van der Waals surface area contributed by atoms with E-state index in [1.54, 1.807) is 24.6 Å². The Hall–Kier alpha value is -2.47. The lowest BCUT2D eigenvalue weighted by Gasteiger charge is -2.27. The van der Waals surface area contributed by atoms with E-state index in [9.17, 15) is 0 Å². The summed E-state index contributed by atoms with van der Waals surface area (Å²) in [5, 5.41) is 4.07. The summed E-state index contributed by atoms with van der Waals surface area (Å²) in [4.78, 5) is 10.9. The molecule has 24 heavy (non-hydrogen) atoms. The summed E-state index contributed by atoms with van der Waals surface area (Å²) in [6.45, 7) is 2.81. The highest BCUT2D eigenvalue weighted by atomic mass is 16.5. The summed E-state index contributed by atoms with van der Waals surface area (Å²) in [6.07, 6.45) is 8.72. The van der Waals surface area contributed by atoms with Crippen molar-refractivity contribution in [3.8, 4) is 11.7 Å². The second kappa shape index (κ2) is 7.88. The van der Waals surface area contributed by atoms with Crippen LogP contribution < -0.4 is 0 Å². The van der Waals surface area contributed by atoms with Gasteiger partial charge in [0.25, 0.3) is 5.89 Å². The lowest BCUT2D eigenvalue weighted by Crippen LogP contribution is -2.25. The minimum absolute atomic E-state index is 0.282. The summed E-state index contributed by atoms with van der Waals surface area (Å²) in [5.74, 6) is 1.65. The molecule has 3 heterocycles. The maximum Gasteiger partial charge on any atom is 0.293 e. The zero-order chi connectivity index (χ0) is 16.8. The molecule has 3 aromatic rings. The molecule has 6 heteroatoms. The molecule has 0 aromatic carbocycles. The van der Waals surface area contributed by atoms with E-state index in [1.807, 2.05) is 12.3 Å². The maximum atomic E-state index is 5.29. The van der Waals surface area contributed by atoms with Crippen molar-refractivity contribution in [2.45, 2.75) is 38.8 Å².